The van der Waals surface area contributed by atoms with Gasteiger partial charge in [0.1, 0.15) is 17.0 Å². The minimum absolute atomic E-state index is 0.0871. The average Bonchev–Trinajstić information content (AvgIpc) is 3.69. The Labute approximate surface area is 194 Å². The third-order valence-corrected chi connectivity index (χ3v) is 6.75. The summed E-state index contributed by atoms with van der Waals surface area (Å²) in [6.45, 7) is 2.00. The molecule has 34 heavy (non-hydrogen) atoms. The molecule has 8 heteroatoms. The van der Waals surface area contributed by atoms with Crippen LogP contribution in [0, 0.1) is 5.82 Å². The number of aromatic carboxylic acids is 1. The number of fused-ring (bicyclic) bond motifs is 2. The molecule has 0 radical (unpaired) electrons. The molecule has 1 aliphatic carbocycles. The first-order valence-electron chi connectivity index (χ1n) is 11.5. The topological polar surface area (TPSA) is 87.5 Å². The van der Waals surface area contributed by atoms with E-state index in [2.05, 4.69) is 17.4 Å². The van der Waals surface area contributed by atoms with Gasteiger partial charge in [0.2, 0.25) is 5.43 Å². The zero-order chi connectivity index (χ0) is 23.4. The van der Waals surface area contributed by atoms with Gasteiger partial charge in [0, 0.05) is 43.3 Å². The van der Waals surface area contributed by atoms with Crippen LogP contribution in [0.2, 0.25) is 0 Å². The predicted octanol–water partition coefficient (Wildman–Crippen LogP) is 3.87. The van der Waals surface area contributed by atoms with Gasteiger partial charge in [-0.15, -0.1) is 0 Å². The summed E-state index contributed by atoms with van der Waals surface area (Å²) in [5.74, 6) is -1.66. The Morgan fingerprint density at radius 2 is 1.94 bits per heavy atom. The Bertz CT molecular complexity index is 1500. The highest BCUT2D eigenvalue weighted by Crippen LogP contribution is 2.37. The van der Waals surface area contributed by atoms with Crippen molar-refractivity contribution in [3.8, 4) is 0 Å². The van der Waals surface area contributed by atoms with E-state index >= 15 is 4.39 Å². The summed E-state index contributed by atoms with van der Waals surface area (Å²) < 4.78 is 17.1. The van der Waals surface area contributed by atoms with Crippen molar-refractivity contribution in [1.82, 2.24) is 14.9 Å². The van der Waals surface area contributed by atoms with Crippen LogP contribution in [0.5, 0.6) is 0 Å². The number of hydrogen-bond acceptors (Lipinski definition) is 5. The van der Waals surface area contributed by atoms with Gasteiger partial charge >= 0.3 is 5.97 Å². The Morgan fingerprint density at radius 1 is 1.15 bits per heavy atom. The molecule has 1 aliphatic heterocycles. The molecule has 0 amide bonds. The maximum absolute atomic E-state index is 15.3. The van der Waals surface area contributed by atoms with E-state index in [9.17, 15) is 14.7 Å². The minimum Gasteiger partial charge on any atom is -0.477 e. The molecule has 2 fully saturated rings. The van der Waals surface area contributed by atoms with Gasteiger partial charge in [-0.05, 0) is 36.6 Å². The summed E-state index contributed by atoms with van der Waals surface area (Å²) in [4.78, 5) is 31.2. The molecule has 172 valence electrons. The van der Waals surface area contributed by atoms with Crippen LogP contribution in [0.15, 0.2) is 59.5 Å². The summed E-state index contributed by atoms with van der Waals surface area (Å²) in [6.07, 6.45) is 3.22. The van der Waals surface area contributed by atoms with Gasteiger partial charge in [-0.2, -0.15) is 0 Å². The maximum Gasteiger partial charge on any atom is 0.341 e. The number of aromatic nitrogens is 2. The molecule has 6 rings (SSSR count). The van der Waals surface area contributed by atoms with Gasteiger partial charge < -0.3 is 19.9 Å². The van der Waals surface area contributed by atoms with E-state index in [4.69, 9.17) is 4.98 Å². The first-order valence-corrected chi connectivity index (χ1v) is 11.5. The molecule has 7 nitrogen and oxygen atoms in total. The van der Waals surface area contributed by atoms with Crippen LogP contribution < -0.4 is 15.6 Å². The van der Waals surface area contributed by atoms with Crippen molar-refractivity contribution in [2.45, 2.75) is 24.9 Å². The van der Waals surface area contributed by atoms with Crippen molar-refractivity contribution in [3.05, 3.63) is 81.9 Å². The Balaban J connectivity index is 1.46. The first kappa shape index (κ1) is 20.8. The molecule has 2 aromatic heterocycles. The van der Waals surface area contributed by atoms with Crippen molar-refractivity contribution >= 4 is 33.6 Å². The summed E-state index contributed by atoms with van der Waals surface area (Å²) in [6, 6.07) is 15.0. The first-order chi connectivity index (χ1) is 16.5. The third kappa shape index (κ3) is 3.51. The highest BCUT2D eigenvalue weighted by Gasteiger charge is 2.28. The van der Waals surface area contributed by atoms with E-state index in [0.717, 1.165) is 24.9 Å². The number of pyridine rings is 2. The summed E-state index contributed by atoms with van der Waals surface area (Å²) in [5.41, 5.74) is 1.78. The lowest BCUT2D eigenvalue weighted by molar-refractivity contribution is 0.0695. The molecule has 2 aromatic carbocycles. The van der Waals surface area contributed by atoms with Crippen molar-refractivity contribution in [1.29, 1.82) is 0 Å². The second-order valence-electron chi connectivity index (χ2n) is 9.03. The Hall–Kier alpha value is -3.78. The molecule has 2 N–H and O–H groups in total. The lowest BCUT2D eigenvalue weighted by Crippen LogP contribution is -2.46. The van der Waals surface area contributed by atoms with Crippen molar-refractivity contribution in [2.75, 3.05) is 24.5 Å². The number of benzene rings is 2. The number of carboxylic acids is 1. The lowest BCUT2D eigenvalue weighted by Gasteiger charge is -2.35. The van der Waals surface area contributed by atoms with Gasteiger partial charge in [0.25, 0.3) is 0 Å². The molecule has 0 spiro atoms. The van der Waals surface area contributed by atoms with E-state index in [0.29, 0.717) is 35.3 Å². The number of hydrogen-bond donors (Lipinski definition) is 2. The number of nitrogens with one attached hydrogen (secondary N) is 1. The second kappa shape index (κ2) is 7.92. The fourth-order valence-electron chi connectivity index (χ4n) is 4.84. The molecule has 1 atom stereocenters. The Morgan fingerprint density at radius 3 is 2.68 bits per heavy atom. The van der Waals surface area contributed by atoms with E-state index in [1.807, 2.05) is 23.1 Å². The van der Waals surface area contributed by atoms with Crippen molar-refractivity contribution in [3.63, 3.8) is 0 Å². The van der Waals surface area contributed by atoms with E-state index < -0.39 is 11.4 Å². The number of carboxylic acid groups (broad SMARTS) is 1. The third-order valence-electron chi connectivity index (χ3n) is 6.75. The fourth-order valence-corrected chi connectivity index (χ4v) is 4.84. The van der Waals surface area contributed by atoms with Gasteiger partial charge in [-0.3, -0.25) is 4.79 Å². The lowest BCUT2D eigenvalue weighted by atomic mass is 10.0. The fraction of sp³-hybridized carbons (Fsp3) is 0.269. The molecule has 3 heterocycles. The molecule has 1 unspecified atom stereocenters. The molecule has 1 saturated heterocycles. The van der Waals surface area contributed by atoms with Crippen molar-refractivity contribution < 1.29 is 14.3 Å². The number of nitrogens with zero attached hydrogens (tertiary/aromatic N) is 3. The molecule has 4 aromatic rings. The quantitative estimate of drug-likeness (QED) is 0.452. The number of halogens is 1. The molecule has 1 saturated carbocycles. The SMILES string of the molecule is O=C(O)c1cn(C2CC2)c2nc3cc(N4CCNC(c5ccccc5)C4)c(F)cc3cc2c1=O. The van der Waals surface area contributed by atoms with Gasteiger partial charge in [0.05, 0.1) is 16.6 Å². The van der Waals surface area contributed by atoms with Gasteiger partial charge in [-0.1, -0.05) is 30.3 Å². The van der Waals surface area contributed by atoms with Crippen LogP contribution in [-0.2, 0) is 0 Å². The van der Waals surface area contributed by atoms with Crippen molar-refractivity contribution in [2.24, 2.45) is 0 Å². The van der Waals surface area contributed by atoms with Crippen LogP contribution in [0.4, 0.5) is 10.1 Å². The van der Waals surface area contributed by atoms with Gasteiger partial charge in [-0.25, -0.2) is 14.2 Å². The normalized spacial score (nSPS) is 18.5. The zero-order valence-electron chi connectivity index (χ0n) is 18.4. The smallest absolute Gasteiger partial charge is 0.341 e. The highest BCUT2D eigenvalue weighted by molar-refractivity contribution is 5.97. The summed E-state index contributed by atoms with van der Waals surface area (Å²) >= 11 is 0. The largest absolute Gasteiger partial charge is 0.477 e. The molecule has 0 bridgehead atoms. The number of piperazine rings is 1. The van der Waals surface area contributed by atoms with Gasteiger partial charge in [0.15, 0.2) is 0 Å². The average molecular weight is 458 g/mol. The number of rotatable bonds is 4. The van der Waals surface area contributed by atoms with Crippen LogP contribution in [0.1, 0.15) is 40.8 Å². The standard InChI is InChI=1S/C26H23FN4O3/c27-20-11-16-10-18-24(32)19(26(33)34)13-31(17-6-7-17)25(18)29-21(16)12-23(20)30-9-8-28-22(14-30)15-4-2-1-3-5-15/h1-5,10-13,17,22,28H,6-9,14H2,(H,33,34). The predicted molar refractivity (Wildman–Crippen MR) is 128 cm³/mol. The van der Waals surface area contributed by atoms with E-state index in [1.54, 1.807) is 16.7 Å². The minimum atomic E-state index is -1.27. The summed E-state index contributed by atoms with van der Waals surface area (Å²) in [7, 11) is 0. The van der Waals surface area contributed by atoms with Crippen LogP contribution in [0.25, 0.3) is 21.9 Å². The summed E-state index contributed by atoms with van der Waals surface area (Å²) in [5, 5.41) is 13.7. The molecular formula is C26H23FN4O3. The second-order valence-corrected chi connectivity index (χ2v) is 9.03. The molecule has 2 aliphatic rings. The van der Waals surface area contributed by atoms with E-state index in [1.165, 1.54) is 12.3 Å². The van der Waals surface area contributed by atoms with Crippen LogP contribution in [0.3, 0.4) is 0 Å². The maximum atomic E-state index is 15.3. The van der Waals surface area contributed by atoms with Crippen LogP contribution in [-0.4, -0.2) is 40.3 Å². The zero-order valence-corrected chi connectivity index (χ0v) is 18.4. The number of carbonyl (C=O) groups is 1. The van der Waals surface area contributed by atoms with E-state index in [-0.39, 0.29) is 28.9 Å². The highest BCUT2D eigenvalue weighted by atomic mass is 19.1. The molecular weight excluding hydrogens is 435 g/mol. The Kier molecular flexibility index (Phi) is 4.84. The monoisotopic (exact) mass is 458 g/mol. The number of anilines is 1. The van der Waals surface area contributed by atoms with Crippen LogP contribution >= 0.6 is 0 Å².